The maximum absolute atomic E-state index is 9.71. The topological polar surface area (TPSA) is 42.4 Å². The molecule has 1 aromatic heterocycles. The number of hydrogen-bond donors (Lipinski definition) is 1. The van der Waals surface area contributed by atoms with E-state index in [1.54, 1.807) is 11.3 Å². The molecule has 0 spiro atoms. The van der Waals surface area contributed by atoms with E-state index in [9.17, 15) is 5.11 Å². The molecule has 19 heavy (non-hydrogen) atoms. The molecule has 1 unspecified atom stereocenters. The van der Waals surface area contributed by atoms with Crippen LogP contribution in [0.2, 0.25) is 0 Å². The number of aliphatic hydroxyl groups is 1. The SMILES string of the molecule is CCC(O)c1ccc(OCc2nc(C)c(C)s2)cc1. The summed E-state index contributed by atoms with van der Waals surface area (Å²) in [4.78, 5) is 5.67. The van der Waals surface area contributed by atoms with E-state index < -0.39 is 6.10 Å². The molecule has 1 heterocycles. The van der Waals surface area contributed by atoms with Gasteiger partial charge >= 0.3 is 0 Å². The monoisotopic (exact) mass is 277 g/mol. The molecular weight excluding hydrogens is 258 g/mol. The van der Waals surface area contributed by atoms with Gasteiger partial charge in [-0.1, -0.05) is 19.1 Å². The Morgan fingerprint density at radius 3 is 2.47 bits per heavy atom. The molecule has 2 rings (SSSR count). The molecule has 0 amide bonds. The third-order valence-corrected chi connectivity index (χ3v) is 4.13. The fourth-order valence-corrected chi connectivity index (χ4v) is 2.62. The molecule has 0 bridgehead atoms. The van der Waals surface area contributed by atoms with Crippen molar-refractivity contribution in [3.05, 3.63) is 45.4 Å². The summed E-state index contributed by atoms with van der Waals surface area (Å²) in [6.45, 7) is 6.53. The standard InChI is InChI=1S/C15H19NO2S/c1-4-14(17)12-5-7-13(8-6-12)18-9-15-16-10(2)11(3)19-15/h5-8,14,17H,4,9H2,1-3H3. The average molecular weight is 277 g/mol. The number of hydrogen-bond acceptors (Lipinski definition) is 4. The minimum atomic E-state index is -0.390. The summed E-state index contributed by atoms with van der Waals surface area (Å²) < 4.78 is 5.70. The molecule has 0 fully saturated rings. The van der Waals surface area contributed by atoms with Crippen molar-refractivity contribution in [2.45, 2.75) is 39.9 Å². The van der Waals surface area contributed by atoms with E-state index in [4.69, 9.17) is 4.74 Å². The van der Waals surface area contributed by atoms with Gasteiger partial charge in [0.25, 0.3) is 0 Å². The predicted molar refractivity (Wildman–Crippen MR) is 77.6 cm³/mol. The van der Waals surface area contributed by atoms with Gasteiger partial charge in [-0.15, -0.1) is 11.3 Å². The second-order valence-electron chi connectivity index (χ2n) is 4.53. The molecule has 1 aromatic carbocycles. The number of aryl methyl sites for hydroxylation is 2. The van der Waals surface area contributed by atoms with Crippen molar-refractivity contribution in [3.8, 4) is 5.75 Å². The highest BCUT2D eigenvalue weighted by molar-refractivity contribution is 7.11. The van der Waals surface area contributed by atoms with E-state index in [2.05, 4.69) is 11.9 Å². The third-order valence-electron chi connectivity index (χ3n) is 3.09. The summed E-state index contributed by atoms with van der Waals surface area (Å²) >= 11 is 1.67. The number of thiazole rings is 1. The van der Waals surface area contributed by atoms with Gasteiger partial charge in [0.1, 0.15) is 17.4 Å². The van der Waals surface area contributed by atoms with Crippen molar-refractivity contribution >= 4 is 11.3 Å². The van der Waals surface area contributed by atoms with Crippen molar-refractivity contribution in [3.63, 3.8) is 0 Å². The number of rotatable bonds is 5. The highest BCUT2D eigenvalue weighted by atomic mass is 32.1. The van der Waals surface area contributed by atoms with Crippen LogP contribution in [0.1, 0.15) is 40.6 Å². The number of aliphatic hydroxyl groups excluding tert-OH is 1. The van der Waals surface area contributed by atoms with Gasteiger partial charge in [0.2, 0.25) is 0 Å². The summed E-state index contributed by atoms with van der Waals surface area (Å²) in [7, 11) is 0. The largest absolute Gasteiger partial charge is 0.486 e. The van der Waals surface area contributed by atoms with Crippen LogP contribution in [0.3, 0.4) is 0 Å². The Balaban J connectivity index is 1.96. The molecule has 0 aliphatic carbocycles. The number of ether oxygens (including phenoxy) is 1. The lowest BCUT2D eigenvalue weighted by Crippen LogP contribution is -1.97. The summed E-state index contributed by atoms with van der Waals surface area (Å²) in [5.41, 5.74) is 2.00. The zero-order valence-electron chi connectivity index (χ0n) is 11.5. The van der Waals surface area contributed by atoms with Crippen LogP contribution in [0.4, 0.5) is 0 Å². The Hall–Kier alpha value is -1.39. The van der Waals surface area contributed by atoms with Crippen molar-refractivity contribution in [1.82, 2.24) is 4.98 Å². The van der Waals surface area contributed by atoms with Crippen LogP contribution in [0.25, 0.3) is 0 Å². The summed E-state index contributed by atoms with van der Waals surface area (Å²) in [5, 5.41) is 10.7. The lowest BCUT2D eigenvalue weighted by atomic mass is 10.1. The molecule has 0 aliphatic heterocycles. The van der Waals surface area contributed by atoms with Crippen LogP contribution in [-0.2, 0) is 6.61 Å². The van der Waals surface area contributed by atoms with Crippen LogP contribution < -0.4 is 4.74 Å². The zero-order chi connectivity index (χ0) is 13.8. The summed E-state index contributed by atoms with van der Waals surface area (Å²) in [6, 6.07) is 7.59. The van der Waals surface area contributed by atoms with E-state index >= 15 is 0 Å². The van der Waals surface area contributed by atoms with Gasteiger partial charge in [-0.3, -0.25) is 0 Å². The maximum atomic E-state index is 9.71. The molecular formula is C15H19NO2S. The van der Waals surface area contributed by atoms with E-state index in [1.807, 2.05) is 38.1 Å². The predicted octanol–water partition coefficient (Wildman–Crippen LogP) is 3.78. The van der Waals surface area contributed by atoms with E-state index in [-0.39, 0.29) is 0 Å². The molecule has 0 saturated carbocycles. The quantitative estimate of drug-likeness (QED) is 0.904. The van der Waals surface area contributed by atoms with Gasteiger partial charge < -0.3 is 9.84 Å². The maximum Gasteiger partial charge on any atom is 0.140 e. The molecule has 2 aromatic rings. The first-order valence-electron chi connectivity index (χ1n) is 6.44. The second-order valence-corrected chi connectivity index (χ2v) is 5.82. The third kappa shape index (κ3) is 3.55. The highest BCUT2D eigenvalue weighted by Gasteiger charge is 2.06. The smallest absolute Gasteiger partial charge is 0.140 e. The highest BCUT2D eigenvalue weighted by Crippen LogP contribution is 2.22. The lowest BCUT2D eigenvalue weighted by Gasteiger charge is -2.09. The van der Waals surface area contributed by atoms with Gasteiger partial charge in [-0.25, -0.2) is 4.98 Å². The summed E-state index contributed by atoms with van der Waals surface area (Å²) in [6.07, 6.45) is 0.330. The van der Waals surface area contributed by atoms with Gasteiger partial charge in [0.05, 0.1) is 11.8 Å². The minimum absolute atomic E-state index is 0.390. The van der Waals surface area contributed by atoms with Crippen LogP contribution in [-0.4, -0.2) is 10.1 Å². The molecule has 0 saturated heterocycles. The molecule has 0 radical (unpaired) electrons. The van der Waals surface area contributed by atoms with Crippen molar-refractivity contribution in [2.75, 3.05) is 0 Å². The van der Waals surface area contributed by atoms with Crippen LogP contribution in [0.5, 0.6) is 5.75 Å². The molecule has 0 aliphatic rings. The molecule has 4 heteroatoms. The Bertz CT molecular complexity index is 514. The minimum Gasteiger partial charge on any atom is -0.486 e. The lowest BCUT2D eigenvalue weighted by molar-refractivity contribution is 0.173. The van der Waals surface area contributed by atoms with Gasteiger partial charge in [-0.05, 0) is 38.0 Å². The van der Waals surface area contributed by atoms with E-state index in [0.717, 1.165) is 28.4 Å². The zero-order valence-corrected chi connectivity index (χ0v) is 12.3. The van der Waals surface area contributed by atoms with Crippen molar-refractivity contribution < 1.29 is 9.84 Å². The summed E-state index contributed by atoms with van der Waals surface area (Å²) in [5.74, 6) is 0.803. The molecule has 102 valence electrons. The fraction of sp³-hybridized carbons (Fsp3) is 0.400. The molecule has 1 atom stereocenters. The van der Waals surface area contributed by atoms with Gasteiger partial charge in [-0.2, -0.15) is 0 Å². The van der Waals surface area contributed by atoms with Gasteiger partial charge in [0.15, 0.2) is 0 Å². The Morgan fingerprint density at radius 1 is 1.26 bits per heavy atom. The Labute approximate surface area is 117 Å². The van der Waals surface area contributed by atoms with Crippen LogP contribution >= 0.6 is 11.3 Å². The van der Waals surface area contributed by atoms with Crippen molar-refractivity contribution in [2.24, 2.45) is 0 Å². The second kappa shape index (κ2) is 6.17. The number of aromatic nitrogens is 1. The number of benzene rings is 1. The molecule has 1 N–H and O–H groups in total. The first-order valence-corrected chi connectivity index (χ1v) is 7.25. The molecule has 3 nitrogen and oxygen atoms in total. The Morgan fingerprint density at radius 2 is 1.95 bits per heavy atom. The first-order chi connectivity index (χ1) is 9.10. The van der Waals surface area contributed by atoms with Crippen LogP contribution in [0.15, 0.2) is 24.3 Å². The fourth-order valence-electron chi connectivity index (χ4n) is 1.77. The number of nitrogens with zero attached hydrogens (tertiary/aromatic N) is 1. The first kappa shape index (κ1) is 14.0. The van der Waals surface area contributed by atoms with E-state index in [1.165, 1.54) is 4.88 Å². The normalized spacial score (nSPS) is 12.4. The Kier molecular flexibility index (Phi) is 4.56. The van der Waals surface area contributed by atoms with Crippen LogP contribution in [0, 0.1) is 13.8 Å². The van der Waals surface area contributed by atoms with Gasteiger partial charge in [0, 0.05) is 4.88 Å². The average Bonchev–Trinajstić information content (AvgIpc) is 2.75. The van der Waals surface area contributed by atoms with Crippen molar-refractivity contribution in [1.29, 1.82) is 0 Å². The van der Waals surface area contributed by atoms with E-state index in [0.29, 0.717) is 6.61 Å².